The van der Waals surface area contributed by atoms with E-state index in [-0.39, 0.29) is 16.5 Å². The number of rotatable bonds is 5. The van der Waals surface area contributed by atoms with Crippen LogP contribution in [0.15, 0.2) is 42.5 Å². The van der Waals surface area contributed by atoms with E-state index >= 15 is 0 Å². The molecule has 8 nitrogen and oxygen atoms in total. The number of hydrogen-bond donors (Lipinski definition) is 0. The van der Waals surface area contributed by atoms with Crippen molar-refractivity contribution in [2.75, 3.05) is 51.4 Å². The summed E-state index contributed by atoms with van der Waals surface area (Å²) in [5.74, 6) is 1.05. The summed E-state index contributed by atoms with van der Waals surface area (Å²) < 4.78 is 10.6. The first-order valence-electron chi connectivity index (χ1n) is 10.6. The molecule has 8 heteroatoms. The van der Waals surface area contributed by atoms with E-state index in [1.54, 1.807) is 24.1 Å². The molecule has 164 valence electrons. The highest BCUT2D eigenvalue weighted by atomic mass is 16.6. The van der Waals surface area contributed by atoms with Crippen LogP contribution in [0.25, 0.3) is 0 Å². The number of amides is 1. The third-order valence-corrected chi connectivity index (χ3v) is 6.12. The Morgan fingerprint density at radius 3 is 2.52 bits per heavy atom. The zero-order chi connectivity index (χ0) is 21.8. The first kappa shape index (κ1) is 21.1. The van der Waals surface area contributed by atoms with Gasteiger partial charge in [0.05, 0.1) is 25.2 Å². The van der Waals surface area contributed by atoms with Gasteiger partial charge in [0.25, 0.3) is 11.6 Å². The molecule has 1 amide bonds. The fourth-order valence-corrected chi connectivity index (χ4v) is 4.37. The maximum absolute atomic E-state index is 12.7. The molecule has 0 radical (unpaired) electrons. The van der Waals surface area contributed by atoms with E-state index in [0.29, 0.717) is 43.5 Å². The van der Waals surface area contributed by atoms with E-state index in [1.807, 2.05) is 12.1 Å². The number of hydrogen-bond acceptors (Lipinski definition) is 6. The SMILES string of the molecule is COc1cccc(C2CCN(c3ccc(C(=O)N4CCOCC4)cc3[N+](=O)[O-])CC2)c1. The van der Waals surface area contributed by atoms with Gasteiger partial charge in [-0.3, -0.25) is 14.9 Å². The minimum Gasteiger partial charge on any atom is -0.497 e. The summed E-state index contributed by atoms with van der Waals surface area (Å²) in [6.07, 6.45) is 1.80. The second-order valence-electron chi connectivity index (χ2n) is 7.90. The van der Waals surface area contributed by atoms with Gasteiger partial charge in [0.15, 0.2) is 0 Å². The van der Waals surface area contributed by atoms with Crippen molar-refractivity contribution in [2.45, 2.75) is 18.8 Å². The second-order valence-corrected chi connectivity index (χ2v) is 7.90. The molecule has 0 aromatic heterocycles. The van der Waals surface area contributed by atoms with Gasteiger partial charge in [0, 0.05) is 37.8 Å². The molecular weight excluding hydrogens is 398 g/mol. The maximum atomic E-state index is 12.7. The monoisotopic (exact) mass is 425 g/mol. The predicted molar refractivity (Wildman–Crippen MR) is 117 cm³/mol. The van der Waals surface area contributed by atoms with Crippen LogP contribution < -0.4 is 9.64 Å². The zero-order valence-electron chi connectivity index (χ0n) is 17.7. The van der Waals surface area contributed by atoms with E-state index in [9.17, 15) is 14.9 Å². The minimum atomic E-state index is -0.389. The van der Waals surface area contributed by atoms with Gasteiger partial charge in [-0.2, -0.15) is 0 Å². The molecule has 2 heterocycles. The molecule has 0 spiro atoms. The van der Waals surface area contributed by atoms with Crippen LogP contribution in [0, 0.1) is 10.1 Å². The number of anilines is 1. The van der Waals surface area contributed by atoms with Crippen LogP contribution >= 0.6 is 0 Å². The Kier molecular flexibility index (Phi) is 6.36. The zero-order valence-corrected chi connectivity index (χ0v) is 17.7. The van der Waals surface area contributed by atoms with E-state index in [0.717, 1.165) is 31.7 Å². The molecule has 4 rings (SSSR count). The molecule has 2 aliphatic rings. The summed E-state index contributed by atoms with van der Waals surface area (Å²) in [4.78, 5) is 27.9. The first-order chi connectivity index (χ1) is 15.1. The molecule has 0 bridgehead atoms. The molecule has 2 saturated heterocycles. The second kappa shape index (κ2) is 9.34. The van der Waals surface area contributed by atoms with E-state index < -0.39 is 0 Å². The average Bonchev–Trinajstić information content (AvgIpc) is 2.84. The number of carbonyl (C=O) groups is 1. The smallest absolute Gasteiger partial charge is 0.293 e. The molecule has 2 aliphatic heterocycles. The van der Waals surface area contributed by atoms with Crippen LogP contribution in [0.5, 0.6) is 5.75 Å². The van der Waals surface area contributed by atoms with Crippen LogP contribution in [0.3, 0.4) is 0 Å². The molecule has 0 unspecified atom stereocenters. The van der Waals surface area contributed by atoms with Crippen LogP contribution in [-0.4, -0.2) is 62.2 Å². The molecule has 2 aromatic carbocycles. The Morgan fingerprint density at radius 1 is 1.10 bits per heavy atom. The standard InChI is InChI=1S/C23H27N3O5/c1-30-20-4-2-3-18(15-20)17-7-9-24(10-8-17)21-6-5-19(16-22(21)26(28)29)23(27)25-11-13-31-14-12-25/h2-6,15-17H,7-14H2,1H3. The van der Waals surface area contributed by atoms with E-state index in [2.05, 4.69) is 17.0 Å². The molecule has 31 heavy (non-hydrogen) atoms. The number of carbonyl (C=O) groups excluding carboxylic acids is 1. The number of piperidine rings is 1. The van der Waals surface area contributed by atoms with Crippen molar-refractivity contribution in [1.82, 2.24) is 4.90 Å². The van der Waals surface area contributed by atoms with E-state index in [4.69, 9.17) is 9.47 Å². The van der Waals surface area contributed by atoms with Gasteiger partial charge >= 0.3 is 0 Å². The summed E-state index contributed by atoms with van der Waals surface area (Å²) in [5, 5.41) is 11.8. The molecule has 0 N–H and O–H groups in total. The molecule has 2 fully saturated rings. The third kappa shape index (κ3) is 4.64. The van der Waals surface area contributed by atoms with Crippen molar-refractivity contribution >= 4 is 17.3 Å². The van der Waals surface area contributed by atoms with Crippen molar-refractivity contribution in [1.29, 1.82) is 0 Å². The molecule has 0 saturated carbocycles. The topological polar surface area (TPSA) is 85.2 Å². The minimum absolute atomic E-state index is 0.0149. The average molecular weight is 425 g/mol. The van der Waals surface area contributed by atoms with Crippen molar-refractivity contribution in [3.8, 4) is 5.75 Å². The van der Waals surface area contributed by atoms with Crippen LogP contribution in [-0.2, 0) is 4.74 Å². The number of nitro benzene ring substituents is 1. The quantitative estimate of drug-likeness (QED) is 0.539. The van der Waals surface area contributed by atoms with Crippen molar-refractivity contribution in [3.63, 3.8) is 0 Å². The molecular formula is C23H27N3O5. The number of methoxy groups -OCH3 is 1. The van der Waals surface area contributed by atoms with Gasteiger partial charge in [-0.1, -0.05) is 12.1 Å². The van der Waals surface area contributed by atoms with Gasteiger partial charge in [-0.15, -0.1) is 0 Å². The fourth-order valence-electron chi connectivity index (χ4n) is 4.37. The number of morpholine rings is 1. The van der Waals surface area contributed by atoms with Crippen LogP contribution in [0.1, 0.15) is 34.7 Å². The molecule has 0 atom stereocenters. The molecule has 0 aliphatic carbocycles. The normalized spacial score (nSPS) is 17.5. The number of nitro groups is 1. The number of nitrogens with zero attached hydrogens (tertiary/aromatic N) is 3. The Morgan fingerprint density at radius 2 is 1.84 bits per heavy atom. The van der Waals surface area contributed by atoms with Gasteiger partial charge in [-0.25, -0.2) is 0 Å². The van der Waals surface area contributed by atoms with Crippen molar-refractivity contribution < 1.29 is 19.2 Å². The lowest BCUT2D eigenvalue weighted by atomic mass is 9.89. The van der Waals surface area contributed by atoms with Crippen LogP contribution in [0.2, 0.25) is 0 Å². The predicted octanol–water partition coefficient (Wildman–Crippen LogP) is 3.46. The van der Waals surface area contributed by atoms with Gasteiger partial charge in [-0.05, 0) is 48.6 Å². The van der Waals surface area contributed by atoms with Crippen molar-refractivity contribution in [2.24, 2.45) is 0 Å². The summed E-state index contributed by atoms with van der Waals surface area (Å²) in [6.45, 7) is 3.44. The van der Waals surface area contributed by atoms with Gasteiger partial charge in [0.2, 0.25) is 0 Å². The Bertz CT molecular complexity index is 950. The highest BCUT2D eigenvalue weighted by Gasteiger charge is 2.28. The van der Waals surface area contributed by atoms with Crippen molar-refractivity contribution in [3.05, 3.63) is 63.7 Å². The highest BCUT2D eigenvalue weighted by Crippen LogP contribution is 2.36. The number of benzene rings is 2. The largest absolute Gasteiger partial charge is 0.497 e. The van der Waals surface area contributed by atoms with Gasteiger partial charge < -0.3 is 19.3 Å². The summed E-state index contributed by atoms with van der Waals surface area (Å²) in [6, 6.07) is 12.9. The fraction of sp³-hybridized carbons (Fsp3) is 0.435. The lowest BCUT2D eigenvalue weighted by Gasteiger charge is -2.33. The Balaban J connectivity index is 1.49. The third-order valence-electron chi connectivity index (χ3n) is 6.12. The van der Waals surface area contributed by atoms with Gasteiger partial charge in [0.1, 0.15) is 11.4 Å². The summed E-state index contributed by atoms with van der Waals surface area (Å²) >= 11 is 0. The van der Waals surface area contributed by atoms with Crippen LogP contribution in [0.4, 0.5) is 11.4 Å². The first-order valence-corrected chi connectivity index (χ1v) is 10.6. The summed E-state index contributed by atoms with van der Waals surface area (Å²) in [7, 11) is 1.66. The molecule has 2 aromatic rings. The Labute approximate surface area is 181 Å². The summed E-state index contributed by atoms with van der Waals surface area (Å²) in [5.41, 5.74) is 2.15. The highest BCUT2D eigenvalue weighted by molar-refractivity contribution is 5.96. The maximum Gasteiger partial charge on any atom is 0.293 e. The lowest BCUT2D eigenvalue weighted by Crippen LogP contribution is -2.40. The van der Waals surface area contributed by atoms with E-state index in [1.165, 1.54) is 11.6 Å². The lowest BCUT2D eigenvalue weighted by molar-refractivity contribution is -0.384. The number of ether oxygens (including phenoxy) is 2. The Hall–Kier alpha value is -3.13.